The maximum absolute atomic E-state index is 13.3. The Balaban J connectivity index is 1.53. The van der Waals surface area contributed by atoms with Crippen molar-refractivity contribution in [1.82, 2.24) is 24.0 Å². The SMILES string of the molecule is Cn1c(=O)n(-c2c(Cl)cccc2Cl)c(=N)c2cnc(Nc3ccc4c(c3)CCN(CCO)C4(C)C)nc21. The van der Waals surface area contributed by atoms with E-state index in [4.69, 9.17) is 28.6 Å². The number of aryl methyl sites for hydroxylation is 1. The number of para-hydroxylation sites is 1. The van der Waals surface area contributed by atoms with Gasteiger partial charge in [-0.05, 0) is 55.7 Å². The highest BCUT2D eigenvalue weighted by Gasteiger charge is 2.34. The number of benzene rings is 2. The van der Waals surface area contributed by atoms with Crippen molar-refractivity contribution in [1.29, 1.82) is 5.41 Å². The summed E-state index contributed by atoms with van der Waals surface area (Å²) in [7, 11) is 1.58. The smallest absolute Gasteiger partial charge is 0.335 e. The third kappa shape index (κ3) is 4.31. The standard InChI is InChI=1S/C26H27Cl2N7O2/c1-26(2)18-8-7-16(13-15(18)9-10-34(26)11-12-36)31-24-30-14-17-22(29)35(25(37)33(3)23(17)32-24)21-19(27)5-4-6-20(21)28/h4-8,13-14,29,36H,9-12H2,1-3H3,(H,30,31,32). The number of aliphatic hydroxyl groups is 1. The van der Waals surface area contributed by atoms with Gasteiger partial charge in [-0.1, -0.05) is 35.3 Å². The summed E-state index contributed by atoms with van der Waals surface area (Å²) in [5, 5.41) is 22.3. The van der Waals surface area contributed by atoms with E-state index >= 15 is 0 Å². The number of halogens is 2. The molecule has 3 N–H and O–H groups in total. The molecule has 3 heterocycles. The average molecular weight is 540 g/mol. The summed E-state index contributed by atoms with van der Waals surface area (Å²) in [6.07, 6.45) is 2.39. The highest BCUT2D eigenvalue weighted by atomic mass is 35.5. The summed E-state index contributed by atoms with van der Waals surface area (Å²) < 4.78 is 2.51. The molecule has 0 saturated carbocycles. The molecule has 1 aliphatic rings. The molecule has 37 heavy (non-hydrogen) atoms. The first kappa shape index (κ1) is 25.4. The Bertz CT molecular complexity index is 1620. The number of β-amino-alcohol motifs (C(OH)–C–C–N with tert-alkyl or cyclic N) is 1. The van der Waals surface area contributed by atoms with Crippen LogP contribution in [0, 0.1) is 5.41 Å². The zero-order chi connectivity index (χ0) is 26.5. The van der Waals surface area contributed by atoms with E-state index in [9.17, 15) is 9.90 Å². The van der Waals surface area contributed by atoms with Crippen LogP contribution >= 0.6 is 23.2 Å². The second-order valence-corrected chi connectivity index (χ2v) is 10.4. The quantitative estimate of drug-likeness (QED) is 0.356. The van der Waals surface area contributed by atoms with E-state index in [0.717, 1.165) is 23.2 Å². The van der Waals surface area contributed by atoms with Gasteiger partial charge >= 0.3 is 5.69 Å². The van der Waals surface area contributed by atoms with Crippen molar-refractivity contribution < 1.29 is 5.11 Å². The molecule has 11 heteroatoms. The zero-order valence-corrected chi connectivity index (χ0v) is 22.2. The molecule has 0 spiro atoms. The van der Waals surface area contributed by atoms with Gasteiger partial charge in [-0.15, -0.1) is 0 Å². The average Bonchev–Trinajstić information content (AvgIpc) is 2.86. The summed E-state index contributed by atoms with van der Waals surface area (Å²) in [5.74, 6) is 0.312. The Kier molecular flexibility index (Phi) is 6.57. The van der Waals surface area contributed by atoms with Gasteiger partial charge in [-0.3, -0.25) is 14.9 Å². The van der Waals surface area contributed by atoms with Gasteiger partial charge in [0.2, 0.25) is 5.95 Å². The molecule has 9 nitrogen and oxygen atoms in total. The first-order chi connectivity index (χ1) is 17.6. The third-order valence-electron chi connectivity index (χ3n) is 7.04. The van der Waals surface area contributed by atoms with E-state index in [0.29, 0.717) is 23.5 Å². The molecular formula is C26H27Cl2N7O2. The molecule has 0 saturated heterocycles. The number of fused-ring (bicyclic) bond motifs is 2. The van der Waals surface area contributed by atoms with E-state index in [2.05, 4.69) is 46.2 Å². The Morgan fingerprint density at radius 3 is 2.62 bits per heavy atom. The molecule has 0 amide bonds. The zero-order valence-electron chi connectivity index (χ0n) is 20.7. The largest absolute Gasteiger partial charge is 0.395 e. The van der Waals surface area contributed by atoms with Crippen molar-refractivity contribution in [3.8, 4) is 5.69 Å². The lowest BCUT2D eigenvalue weighted by molar-refractivity contribution is 0.0823. The number of aromatic nitrogens is 4. The molecule has 0 aliphatic carbocycles. The molecule has 1 aliphatic heterocycles. The lowest BCUT2D eigenvalue weighted by Crippen LogP contribution is -2.47. The maximum atomic E-state index is 13.3. The molecule has 2 aromatic heterocycles. The van der Waals surface area contributed by atoms with E-state index in [1.165, 1.54) is 21.9 Å². The summed E-state index contributed by atoms with van der Waals surface area (Å²) in [4.78, 5) is 24.5. The summed E-state index contributed by atoms with van der Waals surface area (Å²) in [6.45, 7) is 5.96. The molecule has 2 aromatic carbocycles. The highest BCUT2D eigenvalue weighted by molar-refractivity contribution is 6.37. The second kappa shape index (κ2) is 9.57. The number of nitrogens with zero attached hydrogens (tertiary/aromatic N) is 5. The monoisotopic (exact) mass is 539 g/mol. The summed E-state index contributed by atoms with van der Waals surface area (Å²) >= 11 is 12.7. The predicted molar refractivity (Wildman–Crippen MR) is 145 cm³/mol. The van der Waals surface area contributed by atoms with E-state index in [1.807, 2.05) is 6.07 Å². The van der Waals surface area contributed by atoms with Gasteiger partial charge in [0.05, 0.1) is 27.7 Å². The van der Waals surface area contributed by atoms with Gasteiger partial charge in [-0.2, -0.15) is 4.98 Å². The molecule has 0 bridgehead atoms. The molecule has 5 rings (SSSR count). The lowest BCUT2D eigenvalue weighted by atomic mass is 9.83. The van der Waals surface area contributed by atoms with Crippen LogP contribution < -0.4 is 16.5 Å². The van der Waals surface area contributed by atoms with E-state index in [-0.39, 0.29) is 33.4 Å². The Labute approximate surface area is 223 Å². The minimum atomic E-state index is -0.499. The number of aliphatic hydroxyl groups excluding tert-OH is 1. The maximum Gasteiger partial charge on any atom is 0.335 e. The number of anilines is 2. The van der Waals surface area contributed by atoms with Gasteiger partial charge in [0, 0.05) is 37.6 Å². The molecular weight excluding hydrogens is 513 g/mol. The molecule has 4 aromatic rings. The normalized spacial score (nSPS) is 15.1. The number of hydrogen-bond donors (Lipinski definition) is 3. The Hall–Kier alpha value is -3.24. The molecule has 0 atom stereocenters. The van der Waals surface area contributed by atoms with Crippen LogP contribution in [0.5, 0.6) is 0 Å². The molecule has 0 unspecified atom stereocenters. The van der Waals surface area contributed by atoms with Crippen molar-refractivity contribution in [2.24, 2.45) is 7.05 Å². The minimum absolute atomic E-state index is 0.108. The number of nitrogens with one attached hydrogen (secondary N) is 2. The second-order valence-electron chi connectivity index (χ2n) is 9.54. The Morgan fingerprint density at radius 2 is 1.92 bits per heavy atom. The van der Waals surface area contributed by atoms with Crippen LogP contribution in [0.3, 0.4) is 0 Å². The topological polar surface area (TPSA) is 112 Å². The van der Waals surface area contributed by atoms with Gasteiger partial charge in [0.15, 0.2) is 5.65 Å². The van der Waals surface area contributed by atoms with Crippen LogP contribution in [0.4, 0.5) is 11.6 Å². The molecule has 0 radical (unpaired) electrons. The predicted octanol–water partition coefficient (Wildman–Crippen LogP) is 3.73. The first-order valence-electron chi connectivity index (χ1n) is 11.9. The van der Waals surface area contributed by atoms with Crippen LogP contribution in [-0.2, 0) is 19.0 Å². The first-order valence-corrected chi connectivity index (χ1v) is 12.6. The van der Waals surface area contributed by atoms with Crippen molar-refractivity contribution in [3.63, 3.8) is 0 Å². The van der Waals surface area contributed by atoms with Gasteiger partial charge in [0.25, 0.3) is 0 Å². The van der Waals surface area contributed by atoms with E-state index < -0.39 is 5.69 Å². The van der Waals surface area contributed by atoms with Crippen molar-refractivity contribution in [3.05, 3.63) is 79.7 Å². The number of hydrogen-bond acceptors (Lipinski definition) is 7. The van der Waals surface area contributed by atoms with Gasteiger partial charge in [-0.25, -0.2) is 14.3 Å². The third-order valence-corrected chi connectivity index (χ3v) is 7.65. The van der Waals surface area contributed by atoms with Crippen molar-refractivity contribution in [2.75, 3.05) is 25.0 Å². The highest BCUT2D eigenvalue weighted by Crippen LogP contribution is 2.36. The summed E-state index contributed by atoms with van der Waals surface area (Å²) in [5.41, 5.74) is 3.04. The lowest BCUT2D eigenvalue weighted by Gasteiger charge is -2.43. The fourth-order valence-electron chi connectivity index (χ4n) is 5.04. The van der Waals surface area contributed by atoms with Crippen LogP contribution in [-0.4, -0.2) is 48.8 Å². The van der Waals surface area contributed by atoms with Crippen LogP contribution in [0.25, 0.3) is 16.7 Å². The molecule has 192 valence electrons. The van der Waals surface area contributed by atoms with Crippen LogP contribution in [0.1, 0.15) is 25.0 Å². The fourth-order valence-corrected chi connectivity index (χ4v) is 5.61. The van der Waals surface area contributed by atoms with Gasteiger partial charge < -0.3 is 10.4 Å². The van der Waals surface area contributed by atoms with E-state index in [1.54, 1.807) is 25.2 Å². The van der Waals surface area contributed by atoms with Crippen LogP contribution in [0.2, 0.25) is 10.0 Å². The number of rotatable bonds is 5. The fraction of sp³-hybridized carbons (Fsp3) is 0.308. The van der Waals surface area contributed by atoms with Crippen molar-refractivity contribution >= 4 is 45.9 Å². The van der Waals surface area contributed by atoms with Crippen LogP contribution in [0.15, 0.2) is 47.4 Å². The van der Waals surface area contributed by atoms with Gasteiger partial charge in [0.1, 0.15) is 5.49 Å². The Morgan fingerprint density at radius 1 is 1.19 bits per heavy atom. The molecule has 0 fully saturated rings. The van der Waals surface area contributed by atoms with Crippen molar-refractivity contribution in [2.45, 2.75) is 25.8 Å². The minimum Gasteiger partial charge on any atom is -0.395 e. The summed E-state index contributed by atoms with van der Waals surface area (Å²) in [6, 6.07) is 11.1.